The van der Waals surface area contributed by atoms with Crippen LogP contribution in [-0.4, -0.2) is 25.7 Å². The number of aromatic nitrogens is 4. The van der Waals surface area contributed by atoms with Crippen molar-refractivity contribution in [1.29, 1.82) is 0 Å². The summed E-state index contributed by atoms with van der Waals surface area (Å²) in [6.45, 7) is 0.617. The molecule has 1 amide bonds. The zero-order valence-electron chi connectivity index (χ0n) is 14.3. The molecule has 0 saturated carbocycles. The van der Waals surface area contributed by atoms with Crippen molar-refractivity contribution in [1.82, 2.24) is 19.7 Å². The molecule has 134 valence electrons. The number of rotatable bonds is 5. The molecular weight excluding hydrogens is 362 g/mol. The van der Waals surface area contributed by atoms with Crippen molar-refractivity contribution in [3.63, 3.8) is 0 Å². The highest BCUT2D eigenvalue weighted by atomic mass is 35.5. The van der Waals surface area contributed by atoms with E-state index in [9.17, 15) is 4.79 Å². The normalized spacial score (nSPS) is 10.7. The molecule has 2 N–H and O–H groups in total. The van der Waals surface area contributed by atoms with Gasteiger partial charge in [-0.05, 0) is 23.8 Å². The zero-order chi connectivity index (χ0) is 18.6. The summed E-state index contributed by atoms with van der Waals surface area (Å²) in [6, 6.07) is 19.0. The van der Waals surface area contributed by atoms with Gasteiger partial charge < -0.3 is 9.88 Å². The molecule has 7 heteroatoms. The van der Waals surface area contributed by atoms with Gasteiger partial charge >= 0.3 is 0 Å². The van der Waals surface area contributed by atoms with Crippen LogP contribution in [0.15, 0.2) is 73.2 Å². The Kier molecular flexibility index (Phi) is 4.72. The third-order valence-electron chi connectivity index (χ3n) is 4.02. The van der Waals surface area contributed by atoms with Crippen LogP contribution in [0.3, 0.4) is 0 Å². The molecule has 0 bridgehead atoms. The maximum absolute atomic E-state index is 12.4. The lowest BCUT2D eigenvalue weighted by atomic mass is 10.1. The minimum Gasteiger partial charge on any atom is -0.331 e. The highest BCUT2D eigenvalue weighted by molar-refractivity contribution is 6.30. The highest BCUT2D eigenvalue weighted by Crippen LogP contribution is 2.18. The van der Waals surface area contributed by atoms with Gasteiger partial charge in [0.05, 0.1) is 12.0 Å². The van der Waals surface area contributed by atoms with Crippen LogP contribution >= 0.6 is 11.6 Å². The van der Waals surface area contributed by atoms with Crippen LogP contribution in [0.2, 0.25) is 5.02 Å². The molecule has 0 spiro atoms. The van der Waals surface area contributed by atoms with Crippen LogP contribution in [0, 0.1) is 0 Å². The van der Waals surface area contributed by atoms with E-state index in [1.54, 1.807) is 18.6 Å². The van der Waals surface area contributed by atoms with Crippen LogP contribution in [-0.2, 0) is 6.54 Å². The summed E-state index contributed by atoms with van der Waals surface area (Å²) in [5, 5.41) is 10.4. The lowest BCUT2D eigenvalue weighted by Gasteiger charge is -2.02. The predicted molar refractivity (Wildman–Crippen MR) is 105 cm³/mol. The number of aromatic amines is 1. The monoisotopic (exact) mass is 377 g/mol. The third kappa shape index (κ3) is 4.07. The van der Waals surface area contributed by atoms with E-state index in [1.807, 2.05) is 59.2 Å². The van der Waals surface area contributed by atoms with Crippen molar-refractivity contribution in [2.24, 2.45) is 0 Å². The fourth-order valence-electron chi connectivity index (χ4n) is 2.74. The van der Waals surface area contributed by atoms with Gasteiger partial charge in [0.1, 0.15) is 5.69 Å². The van der Waals surface area contributed by atoms with Crippen LogP contribution in [0.25, 0.3) is 11.3 Å². The van der Waals surface area contributed by atoms with Crippen LogP contribution in [0.4, 0.5) is 5.82 Å². The van der Waals surface area contributed by atoms with E-state index in [-0.39, 0.29) is 5.91 Å². The number of carbonyl (C=O) groups is 1. The number of H-pyrrole nitrogens is 1. The van der Waals surface area contributed by atoms with Gasteiger partial charge in [-0.15, -0.1) is 0 Å². The smallest absolute Gasteiger partial charge is 0.274 e. The quantitative estimate of drug-likeness (QED) is 0.546. The number of hydrogen-bond donors (Lipinski definition) is 2. The molecule has 0 atom stereocenters. The van der Waals surface area contributed by atoms with Crippen LogP contribution < -0.4 is 5.32 Å². The molecule has 2 aromatic heterocycles. The Labute approximate surface area is 160 Å². The summed E-state index contributed by atoms with van der Waals surface area (Å²) >= 11 is 6.01. The molecule has 4 aromatic rings. The summed E-state index contributed by atoms with van der Waals surface area (Å²) < 4.78 is 1.88. The van der Waals surface area contributed by atoms with E-state index >= 15 is 0 Å². The van der Waals surface area contributed by atoms with Gasteiger partial charge in [-0.2, -0.15) is 5.10 Å². The van der Waals surface area contributed by atoms with Crippen molar-refractivity contribution in [3.8, 4) is 11.3 Å². The largest absolute Gasteiger partial charge is 0.331 e. The van der Waals surface area contributed by atoms with E-state index in [4.69, 9.17) is 11.6 Å². The Morgan fingerprint density at radius 2 is 1.96 bits per heavy atom. The average molecular weight is 378 g/mol. The van der Waals surface area contributed by atoms with E-state index in [2.05, 4.69) is 20.5 Å². The number of nitrogens with one attached hydrogen (secondary N) is 2. The molecular formula is C20H16ClN5O. The molecule has 0 aliphatic carbocycles. The third-order valence-corrected chi connectivity index (χ3v) is 4.26. The molecule has 27 heavy (non-hydrogen) atoms. The Morgan fingerprint density at radius 3 is 2.78 bits per heavy atom. The molecule has 0 radical (unpaired) electrons. The van der Waals surface area contributed by atoms with Gasteiger partial charge in [0.15, 0.2) is 5.82 Å². The minimum atomic E-state index is -0.294. The molecule has 0 fully saturated rings. The van der Waals surface area contributed by atoms with Gasteiger partial charge in [0, 0.05) is 23.3 Å². The van der Waals surface area contributed by atoms with E-state index < -0.39 is 0 Å². The van der Waals surface area contributed by atoms with Gasteiger partial charge in [-0.1, -0.05) is 54.1 Å². The first-order valence-corrected chi connectivity index (χ1v) is 8.73. The van der Waals surface area contributed by atoms with Crippen molar-refractivity contribution < 1.29 is 4.79 Å². The fraction of sp³-hybridized carbons (Fsp3) is 0.0500. The summed E-state index contributed by atoms with van der Waals surface area (Å²) in [4.78, 5) is 16.7. The number of amides is 1. The maximum Gasteiger partial charge on any atom is 0.274 e. The second kappa shape index (κ2) is 7.47. The lowest BCUT2D eigenvalue weighted by molar-refractivity contribution is 0.102. The molecule has 0 aliphatic heterocycles. The van der Waals surface area contributed by atoms with Crippen LogP contribution in [0.5, 0.6) is 0 Å². The lowest BCUT2D eigenvalue weighted by Crippen LogP contribution is -2.12. The number of halogens is 1. The van der Waals surface area contributed by atoms with Gasteiger partial charge in [0.2, 0.25) is 0 Å². The number of imidazole rings is 1. The summed E-state index contributed by atoms with van der Waals surface area (Å²) in [7, 11) is 0. The topological polar surface area (TPSA) is 75.6 Å². The zero-order valence-corrected chi connectivity index (χ0v) is 15.0. The number of hydrogen-bond acceptors (Lipinski definition) is 3. The Hall–Kier alpha value is -3.38. The second-order valence-corrected chi connectivity index (χ2v) is 6.48. The van der Waals surface area contributed by atoms with E-state index in [1.165, 1.54) is 0 Å². The number of carbonyl (C=O) groups excluding carboxylic acids is 1. The molecule has 6 nitrogen and oxygen atoms in total. The SMILES string of the molecule is O=C(Nc1cn(Cc2cccc(Cl)c2)cn1)c1cc(-c2ccccc2)n[nH]1. The Balaban J connectivity index is 1.43. The summed E-state index contributed by atoms with van der Waals surface area (Å²) in [5.41, 5.74) is 3.09. The molecule has 0 saturated heterocycles. The highest BCUT2D eigenvalue weighted by Gasteiger charge is 2.12. The fourth-order valence-corrected chi connectivity index (χ4v) is 2.95. The van der Waals surface area contributed by atoms with Crippen molar-refractivity contribution >= 4 is 23.3 Å². The number of benzene rings is 2. The van der Waals surface area contributed by atoms with Gasteiger partial charge in [0.25, 0.3) is 5.91 Å². The van der Waals surface area contributed by atoms with Crippen LogP contribution in [0.1, 0.15) is 16.1 Å². The van der Waals surface area contributed by atoms with Gasteiger partial charge in [-0.3, -0.25) is 9.89 Å². The van der Waals surface area contributed by atoms with Crippen molar-refractivity contribution in [2.75, 3.05) is 5.32 Å². The molecule has 0 aliphatic rings. The summed E-state index contributed by atoms with van der Waals surface area (Å²) in [6.07, 6.45) is 3.44. The first kappa shape index (κ1) is 17.1. The standard InChI is InChI=1S/C20H16ClN5O/c21-16-8-4-5-14(9-16)11-26-12-19(22-13-26)23-20(27)18-10-17(24-25-18)15-6-2-1-3-7-15/h1-10,12-13H,11H2,(H,23,27)(H,24,25). The molecule has 2 heterocycles. The first-order valence-electron chi connectivity index (χ1n) is 8.36. The molecule has 2 aromatic carbocycles. The first-order chi connectivity index (χ1) is 13.2. The Bertz CT molecular complexity index is 1070. The minimum absolute atomic E-state index is 0.294. The molecule has 0 unspecified atom stereocenters. The Morgan fingerprint density at radius 1 is 1.11 bits per heavy atom. The molecule has 4 rings (SSSR count). The maximum atomic E-state index is 12.4. The predicted octanol–water partition coefficient (Wildman–Crippen LogP) is 4.23. The van der Waals surface area contributed by atoms with Crippen molar-refractivity contribution in [3.05, 3.63) is 89.5 Å². The number of anilines is 1. The van der Waals surface area contributed by atoms with E-state index in [0.717, 1.165) is 11.1 Å². The summed E-state index contributed by atoms with van der Waals surface area (Å²) in [5.74, 6) is 0.176. The van der Waals surface area contributed by atoms with Gasteiger partial charge in [-0.25, -0.2) is 4.98 Å². The second-order valence-electron chi connectivity index (χ2n) is 6.05. The average Bonchev–Trinajstić information content (AvgIpc) is 3.32. The number of nitrogens with zero attached hydrogens (tertiary/aromatic N) is 3. The van der Waals surface area contributed by atoms with E-state index in [0.29, 0.717) is 28.8 Å². The van der Waals surface area contributed by atoms with Crippen molar-refractivity contribution in [2.45, 2.75) is 6.54 Å².